The average molecular weight is 223 g/mol. The molecule has 1 aromatic rings. The molecule has 0 saturated carbocycles. The van der Waals surface area contributed by atoms with Crippen molar-refractivity contribution in [2.24, 2.45) is 0 Å². The Morgan fingerprint density at radius 1 is 1.62 bits per heavy atom. The normalized spacial score (nSPS) is 9.56. The first-order chi connectivity index (χ1) is 7.67. The highest BCUT2D eigenvalue weighted by Gasteiger charge is 2.10. The van der Waals surface area contributed by atoms with E-state index in [1.165, 1.54) is 13.4 Å². The van der Waals surface area contributed by atoms with E-state index >= 15 is 0 Å². The minimum Gasteiger partial charge on any atom is -0.469 e. The van der Waals surface area contributed by atoms with Crippen molar-refractivity contribution >= 4 is 18.0 Å². The summed E-state index contributed by atoms with van der Waals surface area (Å²) in [5.74, 6) is -0.539. The number of carbonyl (C=O) groups excluding carboxylic acids is 2. The van der Waals surface area contributed by atoms with Gasteiger partial charge in [-0.05, 0) is 6.07 Å². The van der Waals surface area contributed by atoms with Gasteiger partial charge in [0.05, 0.1) is 19.8 Å². The Morgan fingerprint density at radius 3 is 2.94 bits per heavy atom. The standard InChI is InChI=1S/C11H13NO4/c1-3-8-6-9(16-7-8)11(14)12-5-4-10(13)15-2/h3,6-7H,1,4-5H2,2H3,(H,12,14). The smallest absolute Gasteiger partial charge is 0.307 e. The summed E-state index contributed by atoms with van der Waals surface area (Å²) in [6, 6.07) is 1.57. The molecular formula is C11H13NO4. The Balaban J connectivity index is 2.40. The van der Waals surface area contributed by atoms with Crippen LogP contribution in [-0.4, -0.2) is 25.5 Å². The average Bonchev–Trinajstić information content (AvgIpc) is 2.77. The number of hydrogen-bond donors (Lipinski definition) is 1. The fourth-order valence-electron chi connectivity index (χ4n) is 1.04. The monoisotopic (exact) mass is 223 g/mol. The van der Waals surface area contributed by atoms with Crippen LogP contribution in [0.5, 0.6) is 0 Å². The van der Waals surface area contributed by atoms with Crippen molar-refractivity contribution in [3.8, 4) is 0 Å². The zero-order chi connectivity index (χ0) is 12.0. The molecule has 0 aliphatic heterocycles. The first-order valence-corrected chi connectivity index (χ1v) is 4.73. The Kier molecular flexibility index (Phi) is 4.32. The molecule has 0 atom stereocenters. The second kappa shape index (κ2) is 5.75. The van der Waals surface area contributed by atoms with Crippen molar-refractivity contribution in [2.45, 2.75) is 6.42 Å². The summed E-state index contributed by atoms with van der Waals surface area (Å²) in [6.45, 7) is 3.77. The van der Waals surface area contributed by atoms with Gasteiger partial charge in [-0.1, -0.05) is 12.7 Å². The number of methoxy groups -OCH3 is 1. The molecule has 1 amide bonds. The van der Waals surface area contributed by atoms with Crippen molar-refractivity contribution in [2.75, 3.05) is 13.7 Å². The molecule has 1 rings (SSSR count). The predicted molar refractivity (Wildman–Crippen MR) is 57.8 cm³/mol. The summed E-state index contributed by atoms with van der Waals surface area (Å²) in [7, 11) is 1.30. The number of amides is 1. The predicted octanol–water partition coefficient (Wildman–Crippen LogP) is 1.22. The van der Waals surface area contributed by atoms with Crippen LogP contribution in [0.3, 0.4) is 0 Å². The molecule has 0 radical (unpaired) electrons. The fourth-order valence-corrected chi connectivity index (χ4v) is 1.04. The fraction of sp³-hybridized carbons (Fsp3) is 0.273. The first kappa shape index (κ1) is 12.0. The minimum absolute atomic E-state index is 0.136. The number of furan rings is 1. The van der Waals surface area contributed by atoms with Gasteiger partial charge in [0.15, 0.2) is 5.76 Å². The van der Waals surface area contributed by atoms with E-state index in [9.17, 15) is 9.59 Å². The maximum absolute atomic E-state index is 11.5. The van der Waals surface area contributed by atoms with Crippen molar-refractivity contribution < 1.29 is 18.7 Å². The highest BCUT2D eigenvalue weighted by Crippen LogP contribution is 2.08. The van der Waals surface area contributed by atoms with Crippen LogP contribution in [0.2, 0.25) is 0 Å². The second-order valence-corrected chi connectivity index (χ2v) is 3.03. The Hall–Kier alpha value is -2.04. The molecule has 1 aromatic heterocycles. The molecule has 0 unspecified atom stereocenters. The minimum atomic E-state index is -0.369. The van der Waals surface area contributed by atoms with Crippen molar-refractivity contribution in [1.82, 2.24) is 5.32 Å². The van der Waals surface area contributed by atoms with Gasteiger partial charge in [0.25, 0.3) is 5.91 Å². The number of rotatable bonds is 5. The van der Waals surface area contributed by atoms with E-state index in [4.69, 9.17) is 4.42 Å². The highest BCUT2D eigenvalue weighted by molar-refractivity contribution is 5.92. The van der Waals surface area contributed by atoms with Crippen LogP contribution in [0.4, 0.5) is 0 Å². The molecule has 5 heteroatoms. The number of hydrogen-bond acceptors (Lipinski definition) is 4. The third kappa shape index (κ3) is 3.27. The van der Waals surface area contributed by atoms with E-state index < -0.39 is 0 Å². The molecule has 16 heavy (non-hydrogen) atoms. The Morgan fingerprint density at radius 2 is 2.38 bits per heavy atom. The van der Waals surface area contributed by atoms with E-state index in [0.717, 1.165) is 5.56 Å². The zero-order valence-corrected chi connectivity index (χ0v) is 8.99. The maximum Gasteiger partial charge on any atom is 0.307 e. The first-order valence-electron chi connectivity index (χ1n) is 4.73. The molecule has 0 aliphatic carbocycles. The summed E-state index contributed by atoms with van der Waals surface area (Å²) in [4.78, 5) is 22.2. The van der Waals surface area contributed by atoms with E-state index in [-0.39, 0.29) is 30.6 Å². The van der Waals surface area contributed by atoms with Gasteiger partial charge in [0.2, 0.25) is 0 Å². The second-order valence-electron chi connectivity index (χ2n) is 3.03. The SMILES string of the molecule is C=Cc1coc(C(=O)NCCC(=O)OC)c1. The molecule has 0 aliphatic rings. The van der Waals surface area contributed by atoms with Gasteiger partial charge in [-0.25, -0.2) is 0 Å². The summed E-state index contributed by atoms with van der Waals surface area (Å²) in [6.07, 6.45) is 3.15. The number of carbonyl (C=O) groups is 2. The van der Waals surface area contributed by atoms with E-state index in [2.05, 4.69) is 16.6 Å². The van der Waals surface area contributed by atoms with Crippen LogP contribution in [-0.2, 0) is 9.53 Å². The molecule has 1 heterocycles. The van der Waals surface area contributed by atoms with Gasteiger partial charge in [-0.3, -0.25) is 9.59 Å². The quantitative estimate of drug-likeness (QED) is 0.762. The maximum atomic E-state index is 11.5. The summed E-state index contributed by atoms with van der Waals surface area (Å²) >= 11 is 0. The van der Waals surface area contributed by atoms with E-state index in [1.54, 1.807) is 12.1 Å². The lowest BCUT2D eigenvalue weighted by molar-refractivity contribution is -0.140. The summed E-state index contributed by atoms with van der Waals surface area (Å²) in [5, 5.41) is 2.53. The van der Waals surface area contributed by atoms with Crippen LogP contribution in [0.1, 0.15) is 22.5 Å². The molecular weight excluding hydrogens is 210 g/mol. The molecule has 1 N–H and O–H groups in total. The third-order valence-corrected chi connectivity index (χ3v) is 1.92. The molecule has 0 bridgehead atoms. The third-order valence-electron chi connectivity index (χ3n) is 1.92. The van der Waals surface area contributed by atoms with Crippen LogP contribution in [0.15, 0.2) is 23.3 Å². The zero-order valence-electron chi connectivity index (χ0n) is 8.99. The van der Waals surface area contributed by atoms with Crippen molar-refractivity contribution in [3.05, 3.63) is 30.2 Å². The topological polar surface area (TPSA) is 68.5 Å². The molecule has 0 spiro atoms. The molecule has 0 saturated heterocycles. The van der Waals surface area contributed by atoms with Crippen molar-refractivity contribution in [1.29, 1.82) is 0 Å². The summed E-state index contributed by atoms with van der Waals surface area (Å²) in [5.41, 5.74) is 0.734. The van der Waals surface area contributed by atoms with Crippen LogP contribution >= 0.6 is 0 Å². The van der Waals surface area contributed by atoms with E-state index in [0.29, 0.717) is 0 Å². The lowest BCUT2D eigenvalue weighted by Gasteiger charge is -2.01. The lowest BCUT2D eigenvalue weighted by atomic mass is 10.3. The largest absolute Gasteiger partial charge is 0.469 e. The number of ether oxygens (including phenoxy) is 1. The van der Waals surface area contributed by atoms with Gasteiger partial charge in [0, 0.05) is 12.1 Å². The molecule has 5 nitrogen and oxygen atoms in total. The Bertz CT molecular complexity index is 394. The highest BCUT2D eigenvalue weighted by atomic mass is 16.5. The number of nitrogens with one attached hydrogen (secondary N) is 1. The van der Waals surface area contributed by atoms with Gasteiger partial charge in [-0.2, -0.15) is 0 Å². The van der Waals surface area contributed by atoms with E-state index in [1.807, 2.05) is 0 Å². The van der Waals surface area contributed by atoms with Gasteiger partial charge >= 0.3 is 5.97 Å². The van der Waals surface area contributed by atoms with Crippen LogP contribution < -0.4 is 5.32 Å². The van der Waals surface area contributed by atoms with Gasteiger partial charge in [0.1, 0.15) is 0 Å². The van der Waals surface area contributed by atoms with Crippen LogP contribution in [0, 0.1) is 0 Å². The lowest BCUT2D eigenvalue weighted by Crippen LogP contribution is -2.25. The molecule has 0 aromatic carbocycles. The Labute approximate surface area is 93.1 Å². The van der Waals surface area contributed by atoms with Gasteiger partial charge in [-0.15, -0.1) is 0 Å². The number of esters is 1. The summed E-state index contributed by atoms with van der Waals surface area (Å²) < 4.78 is 9.43. The molecule has 86 valence electrons. The van der Waals surface area contributed by atoms with Crippen LogP contribution in [0.25, 0.3) is 6.08 Å². The van der Waals surface area contributed by atoms with Gasteiger partial charge < -0.3 is 14.5 Å². The molecule has 0 fully saturated rings. The van der Waals surface area contributed by atoms with Crippen molar-refractivity contribution in [3.63, 3.8) is 0 Å².